The summed E-state index contributed by atoms with van der Waals surface area (Å²) in [5, 5.41) is 0. The van der Waals surface area contributed by atoms with Gasteiger partial charge in [0.1, 0.15) is 18.2 Å². The highest BCUT2D eigenvalue weighted by Gasteiger charge is 2.11. The van der Waals surface area contributed by atoms with Gasteiger partial charge in [-0.25, -0.2) is 9.78 Å². The minimum Gasteiger partial charge on any atom is -0.464 e. The topological polar surface area (TPSA) is 109 Å². The van der Waals surface area contributed by atoms with Crippen LogP contribution in [0.15, 0.2) is 18.2 Å². The van der Waals surface area contributed by atoms with Gasteiger partial charge in [-0.05, 0) is 12.1 Å². The Balaban J connectivity index is 2.76. The van der Waals surface area contributed by atoms with Crippen molar-refractivity contribution in [2.45, 2.75) is 6.61 Å². The molecule has 0 aromatic carbocycles. The van der Waals surface area contributed by atoms with Gasteiger partial charge in [0, 0.05) is 0 Å². The third-order valence-corrected chi connectivity index (χ3v) is 2.68. The molecular weight excluding hydrogens is 248 g/mol. The van der Waals surface area contributed by atoms with Crippen LogP contribution in [0.1, 0.15) is 16.2 Å². The zero-order valence-electron chi connectivity index (χ0n) is 9.12. The first-order valence-electron chi connectivity index (χ1n) is 4.60. The second-order valence-corrected chi connectivity index (χ2v) is 4.68. The van der Waals surface area contributed by atoms with E-state index >= 15 is 0 Å². The minimum atomic E-state index is -3.73. The van der Waals surface area contributed by atoms with Crippen LogP contribution in [0.3, 0.4) is 0 Å². The zero-order valence-corrected chi connectivity index (χ0v) is 9.94. The molecule has 1 rings (SSSR count). The van der Waals surface area contributed by atoms with Gasteiger partial charge in [-0.1, -0.05) is 6.07 Å². The third-order valence-electron chi connectivity index (χ3n) is 1.79. The van der Waals surface area contributed by atoms with E-state index in [9.17, 15) is 13.2 Å². The fraction of sp³-hybridized carbons (Fsp3) is 0.333. The Kier molecular flexibility index (Phi) is 4.55. The van der Waals surface area contributed by atoms with Crippen LogP contribution in [0, 0.1) is 0 Å². The Hall–Kier alpha value is -1.51. The van der Waals surface area contributed by atoms with Gasteiger partial charge in [0.15, 0.2) is 0 Å². The van der Waals surface area contributed by atoms with E-state index in [1.807, 2.05) is 0 Å². The Bertz CT molecular complexity index is 500. The molecule has 0 aliphatic rings. The summed E-state index contributed by atoms with van der Waals surface area (Å²) >= 11 is 0. The molecule has 0 atom stereocenters. The maximum atomic E-state index is 11.2. The van der Waals surface area contributed by atoms with Crippen molar-refractivity contribution >= 4 is 16.1 Å². The van der Waals surface area contributed by atoms with E-state index in [0.29, 0.717) is 5.69 Å². The van der Waals surface area contributed by atoms with E-state index in [2.05, 4.69) is 13.9 Å². The van der Waals surface area contributed by atoms with Crippen LogP contribution >= 0.6 is 0 Å². The molecule has 1 aromatic rings. The molecule has 0 fully saturated rings. The van der Waals surface area contributed by atoms with Crippen molar-refractivity contribution in [3.05, 3.63) is 29.6 Å². The number of rotatable bonds is 5. The summed E-state index contributed by atoms with van der Waals surface area (Å²) in [5.74, 6) is -1.21. The van der Waals surface area contributed by atoms with Crippen LogP contribution in [0.5, 0.6) is 0 Å². The molecular formula is C9H12N2O5S. The van der Waals surface area contributed by atoms with Crippen LogP contribution in [-0.4, -0.2) is 32.4 Å². The molecule has 0 unspecified atom stereocenters. The molecule has 0 amide bonds. The average Bonchev–Trinajstić information content (AvgIpc) is 2.36. The van der Waals surface area contributed by atoms with Gasteiger partial charge in [-0.3, -0.25) is 4.18 Å². The second kappa shape index (κ2) is 5.71. The Morgan fingerprint density at radius 1 is 1.47 bits per heavy atom. The molecule has 0 spiro atoms. The smallest absolute Gasteiger partial charge is 0.356 e. The van der Waals surface area contributed by atoms with Gasteiger partial charge < -0.3 is 10.5 Å². The second-order valence-electron chi connectivity index (χ2n) is 2.99. The van der Waals surface area contributed by atoms with Gasteiger partial charge in [-0.2, -0.15) is 8.42 Å². The van der Waals surface area contributed by atoms with Crippen molar-refractivity contribution in [2.24, 2.45) is 5.73 Å². The number of esters is 1. The zero-order chi connectivity index (χ0) is 12.9. The first-order chi connectivity index (χ1) is 7.98. The number of ether oxygens (including phenoxy) is 1. The molecule has 17 heavy (non-hydrogen) atoms. The van der Waals surface area contributed by atoms with Gasteiger partial charge in [0.25, 0.3) is 10.1 Å². The van der Waals surface area contributed by atoms with Crippen molar-refractivity contribution in [1.29, 1.82) is 0 Å². The molecule has 0 bridgehead atoms. The lowest BCUT2D eigenvalue weighted by Crippen LogP contribution is -2.17. The number of aromatic nitrogens is 1. The number of methoxy groups -OCH3 is 1. The Labute approximate surface area is 98.7 Å². The molecule has 0 radical (unpaired) electrons. The quantitative estimate of drug-likeness (QED) is 0.568. The lowest BCUT2D eigenvalue weighted by Gasteiger charge is -2.04. The summed E-state index contributed by atoms with van der Waals surface area (Å²) in [4.78, 5) is 15.0. The van der Waals surface area contributed by atoms with E-state index < -0.39 is 22.0 Å². The van der Waals surface area contributed by atoms with E-state index in [1.165, 1.54) is 19.2 Å². The van der Waals surface area contributed by atoms with Crippen molar-refractivity contribution in [1.82, 2.24) is 4.98 Å². The van der Waals surface area contributed by atoms with E-state index in [4.69, 9.17) is 5.73 Å². The summed E-state index contributed by atoms with van der Waals surface area (Å²) in [6.45, 7) is -0.273. The molecule has 1 heterocycles. The largest absolute Gasteiger partial charge is 0.464 e. The summed E-state index contributed by atoms with van der Waals surface area (Å²) in [7, 11) is -2.51. The Morgan fingerprint density at radius 2 is 2.18 bits per heavy atom. The molecule has 2 N–H and O–H groups in total. The summed E-state index contributed by atoms with van der Waals surface area (Å²) in [6, 6.07) is 4.53. The predicted octanol–water partition coefficient (Wildman–Crippen LogP) is -0.369. The third kappa shape index (κ3) is 4.10. The highest BCUT2D eigenvalue weighted by atomic mass is 32.2. The van der Waals surface area contributed by atoms with Gasteiger partial charge in [-0.15, -0.1) is 0 Å². The maximum Gasteiger partial charge on any atom is 0.356 e. The van der Waals surface area contributed by atoms with E-state index in [0.717, 1.165) is 0 Å². The SMILES string of the molecule is COC(=O)c1cccc(COS(=O)(=O)CN)n1. The first-order valence-corrected chi connectivity index (χ1v) is 6.17. The lowest BCUT2D eigenvalue weighted by molar-refractivity contribution is 0.0593. The molecule has 0 saturated carbocycles. The number of pyridine rings is 1. The van der Waals surface area contributed by atoms with Crippen LogP contribution < -0.4 is 5.73 Å². The average molecular weight is 260 g/mol. The highest BCUT2D eigenvalue weighted by molar-refractivity contribution is 7.86. The normalized spacial score (nSPS) is 11.2. The molecule has 0 aliphatic carbocycles. The van der Waals surface area contributed by atoms with E-state index in [-0.39, 0.29) is 12.3 Å². The lowest BCUT2D eigenvalue weighted by atomic mass is 10.3. The molecule has 8 heteroatoms. The minimum absolute atomic E-state index is 0.0822. The number of carbonyl (C=O) groups excluding carboxylic acids is 1. The van der Waals surface area contributed by atoms with Crippen molar-refractivity contribution < 1.29 is 22.1 Å². The summed E-state index contributed by atoms with van der Waals surface area (Å²) in [5.41, 5.74) is 5.34. The van der Waals surface area contributed by atoms with Gasteiger partial charge in [0.2, 0.25) is 0 Å². The number of nitrogens with zero attached hydrogens (tertiary/aromatic N) is 1. The number of carbonyl (C=O) groups is 1. The van der Waals surface area contributed by atoms with Crippen LogP contribution in [0.25, 0.3) is 0 Å². The van der Waals surface area contributed by atoms with Crippen molar-refractivity contribution in [3.8, 4) is 0 Å². The monoisotopic (exact) mass is 260 g/mol. The van der Waals surface area contributed by atoms with Gasteiger partial charge in [0.05, 0.1) is 12.8 Å². The summed E-state index contributed by atoms with van der Waals surface area (Å²) in [6.07, 6.45) is 0. The van der Waals surface area contributed by atoms with Crippen molar-refractivity contribution in [3.63, 3.8) is 0 Å². The molecule has 1 aromatic heterocycles. The number of hydrogen-bond acceptors (Lipinski definition) is 7. The molecule has 94 valence electrons. The highest BCUT2D eigenvalue weighted by Crippen LogP contribution is 2.04. The summed E-state index contributed by atoms with van der Waals surface area (Å²) < 4.78 is 31.0. The molecule has 0 aliphatic heterocycles. The number of nitrogens with two attached hydrogens (primary N) is 1. The Morgan fingerprint density at radius 3 is 2.76 bits per heavy atom. The standard InChI is InChI=1S/C9H12N2O5S/c1-15-9(12)8-4-2-3-7(11-8)5-16-17(13,14)6-10/h2-4H,5-6,10H2,1H3. The van der Waals surface area contributed by atoms with Crippen molar-refractivity contribution in [2.75, 3.05) is 13.0 Å². The first kappa shape index (κ1) is 13.6. The molecule has 7 nitrogen and oxygen atoms in total. The van der Waals surface area contributed by atoms with Crippen LogP contribution in [-0.2, 0) is 25.6 Å². The fourth-order valence-electron chi connectivity index (χ4n) is 0.976. The maximum absolute atomic E-state index is 11.2. The predicted molar refractivity (Wildman–Crippen MR) is 58.3 cm³/mol. The van der Waals surface area contributed by atoms with E-state index in [1.54, 1.807) is 6.07 Å². The molecule has 0 saturated heterocycles. The van der Waals surface area contributed by atoms with Crippen LogP contribution in [0.2, 0.25) is 0 Å². The van der Waals surface area contributed by atoms with Gasteiger partial charge >= 0.3 is 5.97 Å². The fourth-order valence-corrected chi connectivity index (χ4v) is 1.37. The van der Waals surface area contributed by atoms with Crippen LogP contribution in [0.4, 0.5) is 0 Å². The number of hydrogen-bond donors (Lipinski definition) is 1.